The molecule has 0 heterocycles. The summed E-state index contributed by atoms with van der Waals surface area (Å²) in [7, 11) is 0. The van der Waals surface area contributed by atoms with Gasteiger partial charge in [-0.05, 0) is 6.92 Å². The van der Waals surface area contributed by atoms with Crippen molar-refractivity contribution in [1.82, 2.24) is 0 Å². The van der Waals surface area contributed by atoms with Crippen molar-refractivity contribution >= 4 is 29.6 Å². The van der Waals surface area contributed by atoms with Crippen LogP contribution in [0.15, 0.2) is 12.7 Å². The maximum atomic E-state index is 8.56. The van der Waals surface area contributed by atoms with E-state index in [1.807, 2.05) is 0 Å². The van der Waals surface area contributed by atoms with Gasteiger partial charge in [-0.2, -0.15) is 0 Å². The zero-order chi connectivity index (χ0) is 6.41. The maximum absolute atomic E-state index is 8.56. The van der Waals surface area contributed by atoms with Gasteiger partial charge < -0.3 is 9.84 Å². The van der Waals surface area contributed by atoms with Crippen molar-refractivity contribution in [2.75, 3.05) is 6.61 Å². The Labute approximate surface area is 78.2 Å². The summed E-state index contributed by atoms with van der Waals surface area (Å²) in [6.07, 6.45) is 1.13. The minimum absolute atomic E-state index is 0. The van der Waals surface area contributed by atoms with Gasteiger partial charge in [0.15, 0.2) is 0 Å². The number of aliphatic hydroxyl groups is 1. The molecule has 0 aliphatic rings. The van der Waals surface area contributed by atoms with E-state index in [0.29, 0.717) is 6.61 Å². The van der Waals surface area contributed by atoms with Gasteiger partial charge in [-0.25, -0.2) is 0 Å². The Kier molecular flexibility index (Phi) is 11.9. The molecular formula is C6H12NaO2. The molecule has 49 valence electrons. The molecule has 3 heteroatoms. The quantitative estimate of drug-likeness (QED) is 0.339. The number of hydrogen-bond donors (Lipinski definition) is 1. The average molecular weight is 139 g/mol. The Morgan fingerprint density at radius 2 is 2.33 bits per heavy atom. The Balaban J connectivity index is 0. The number of ether oxygens (including phenoxy) is 1. The second-order valence-corrected chi connectivity index (χ2v) is 1.50. The van der Waals surface area contributed by atoms with Crippen molar-refractivity contribution in [3.63, 3.8) is 0 Å². The molecule has 0 aliphatic heterocycles. The van der Waals surface area contributed by atoms with Crippen LogP contribution >= 0.6 is 0 Å². The SMILES string of the molecule is C=CCO[CH]C(C)O.[NaH]. The molecule has 9 heavy (non-hydrogen) atoms. The number of rotatable bonds is 4. The zero-order valence-electron chi connectivity index (χ0n) is 5.00. The first kappa shape index (κ1) is 12.3. The van der Waals surface area contributed by atoms with E-state index in [0.717, 1.165) is 0 Å². The van der Waals surface area contributed by atoms with Crippen LogP contribution in [0.25, 0.3) is 0 Å². The van der Waals surface area contributed by atoms with Crippen LogP contribution in [0.1, 0.15) is 6.92 Å². The summed E-state index contributed by atoms with van der Waals surface area (Å²) >= 11 is 0. The van der Waals surface area contributed by atoms with E-state index in [2.05, 4.69) is 6.58 Å². The third kappa shape index (κ3) is 12.0. The molecule has 1 unspecified atom stereocenters. The molecule has 0 saturated carbocycles. The van der Waals surface area contributed by atoms with Gasteiger partial charge in [0.05, 0.1) is 12.7 Å². The minimum atomic E-state index is -0.491. The number of aliphatic hydroxyl groups excluding tert-OH is 1. The summed E-state index contributed by atoms with van der Waals surface area (Å²) in [6, 6.07) is 0. The summed E-state index contributed by atoms with van der Waals surface area (Å²) in [5.74, 6) is 0. The summed E-state index contributed by atoms with van der Waals surface area (Å²) in [6.45, 7) is 6.88. The molecule has 0 bridgehead atoms. The Hall–Kier alpha value is 0.660. The predicted molar refractivity (Wildman–Crippen MR) is 39.3 cm³/mol. The van der Waals surface area contributed by atoms with E-state index < -0.39 is 6.10 Å². The van der Waals surface area contributed by atoms with E-state index in [9.17, 15) is 0 Å². The summed E-state index contributed by atoms with van der Waals surface area (Å²) in [5, 5.41) is 8.56. The van der Waals surface area contributed by atoms with Crippen molar-refractivity contribution in [2.45, 2.75) is 13.0 Å². The average Bonchev–Trinajstić information content (AvgIpc) is 1.66. The second-order valence-electron chi connectivity index (χ2n) is 1.50. The van der Waals surface area contributed by atoms with Crippen LogP contribution in [0.2, 0.25) is 0 Å². The van der Waals surface area contributed by atoms with E-state index in [-0.39, 0.29) is 29.6 Å². The van der Waals surface area contributed by atoms with Gasteiger partial charge in [0, 0.05) is 0 Å². The first-order valence-electron chi connectivity index (χ1n) is 2.51. The third-order valence-electron chi connectivity index (χ3n) is 0.507. The van der Waals surface area contributed by atoms with Crippen LogP contribution < -0.4 is 0 Å². The van der Waals surface area contributed by atoms with Crippen LogP contribution in [0, 0.1) is 6.61 Å². The second kappa shape index (κ2) is 8.66. The van der Waals surface area contributed by atoms with Gasteiger partial charge in [-0.15, -0.1) is 6.58 Å². The van der Waals surface area contributed by atoms with Gasteiger partial charge in [0.1, 0.15) is 6.61 Å². The molecule has 0 spiro atoms. The Morgan fingerprint density at radius 1 is 1.78 bits per heavy atom. The van der Waals surface area contributed by atoms with Gasteiger partial charge >= 0.3 is 29.6 Å². The third-order valence-corrected chi connectivity index (χ3v) is 0.507. The molecule has 0 rings (SSSR count). The van der Waals surface area contributed by atoms with E-state index >= 15 is 0 Å². The van der Waals surface area contributed by atoms with Gasteiger partial charge in [-0.1, -0.05) is 6.08 Å². The van der Waals surface area contributed by atoms with E-state index in [4.69, 9.17) is 9.84 Å². The van der Waals surface area contributed by atoms with E-state index in [1.54, 1.807) is 13.0 Å². The van der Waals surface area contributed by atoms with Crippen LogP contribution in [0.3, 0.4) is 0 Å². The van der Waals surface area contributed by atoms with Crippen LogP contribution in [-0.4, -0.2) is 47.4 Å². The Bertz CT molecular complexity index is 64.1. The van der Waals surface area contributed by atoms with Gasteiger partial charge in [0.25, 0.3) is 0 Å². The molecule has 1 atom stereocenters. The van der Waals surface area contributed by atoms with Crippen molar-refractivity contribution in [3.05, 3.63) is 19.3 Å². The van der Waals surface area contributed by atoms with Crippen LogP contribution in [0.4, 0.5) is 0 Å². The molecule has 1 radical (unpaired) electrons. The molecule has 0 amide bonds. The fourth-order valence-corrected chi connectivity index (χ4v) is 0.263. The summed E-state index contributed by atoms with van der Waals surface area (Å²) < 4.78 is 4.75. The monoisotopic (exact) mass is 139 g/mol. The van der Waals surface area contributed by atoms with Crippen LogP contribution in [0.5, 0.6) is 0 Å². The molecule has 0 fully saturated rings. The van der Waals surface area contributed by atoms with E-state index in [1.165, 1.54) is 6.61 Å². The zero-order valence-corrected chi connectivity index (χ0v) is 5.00. The fraction of sp³-hybridized carbons (Fsp3) is 0.500. The molecule has 0 aromatic carbocycles. The first-order chi connectivity index (χ1) is 3.77. The van der Waals surface area contributed by atoms with Gasteiger partial charge in [0.2, 0.25) is 0 Å². The van der Waals surface area contributed by atoms with Crippen molar-refractivity contribution in [3.8, 4) is 0 Å². The molecule has 0 aromatic rings. The summed E-state index contributed by atoms with van der Waals surface area (Å²) in [4.78, 5) is 0. The molecule has 1 N–H and O–H groups in total. The Morgan fingerprint density at radius 3 is 2.67 bits per heavy atom. The number of hydrogen-bond acceptors (Lipinski definition) is 2. The van der Waals surface area contributed by atoms with Crippen molar-refractivity contribution in [2.24, 2.45) is 0 Å². The first-order valence-corrected chi connectivity index (χ1v) is 2.51. The predicted octanol–water partition coefficient (Wildman–Crippen LogP) is 0.0831. The fourth-order valence-electron chi connectivity index (χ4n) is 0.263. The standard InChI is InChI=1S/C6H11O2.Na.H/c1-3-4-8-5-6(2)7;;/h3,5-7H,1,4H2,2H3;;. The van der Waals surface area contributed by atoms with Crippen molar-refractivity contribution in [1.29, 1.82) is 0 Å². The molecule has 0 aliphatic carbocycles. The van der Waals surface area contributed by atoms with Crippen molar-refractivity contribution < 1.29 is 9.84 Å². The van der Waals surface area contributed by atoms with Crippen LogP contribution in [-0.2, 0) is 4.74 Å². The summed E-state index contributed by atoms with van der Waals surface area (Å²) in [5.41, 5.74) is 0. The van der Waals surface area contributed by atoms with Gasteiger partial charge in [-0.3, -0.25) is 0 Å². The molecule has 0 aromatic heterocycles. The normalized spacial score (nSPS) is 11.8. The molecule has 0 saturated heterocycles. The molecule has 2 nitrogen and oxygen atoms in total. The molecular weight excluding hydrogens is 127 g/mol. The topological polar surface area (TPSA) is 29.5 Å².